The predicted octanol–water partition coefficient (Wildman–Crippen LogP) is 1.43. The van der Waals surface area contributed by atoms with E-state index in [9.17, 15) is 10.1 Å². The van der Waals surface area contributed by atoms with Crippen LogP contribution in [-0.2, 0) is 6.42 Å². The highest BCUT2D eigenvalue weighted by Crippen LogP contribution is 2.36. The van der Waals surface area contributed by atoms with E-state index in [-0.39, 0.29) is 12.1 Å². The molecule has 6 heteroatoms. The second-order valence-electron chi connectivity index (χ2n) is 3.22. The van der Waals surface area contributed by atoms with Crippen LogP contribution in [0, 0.1) is 21.4 Å². The molecule has 0 bridgehead atoms. The van der Waals surface area contributed by atoms with Gasteiger partial charge in [-0.2, -0.15) is 5.26 Å². The maximum Gasteiger partial charge on any atom is 0.277 e. The number of ether oxygens (including phenoxy) is 2. The number of nitriles is 1. The molecule has 0 spiro atoms. The van der Waals surface area contributed by atoms with Crippen LogP contribution in [-0.4, -0.2) is 18.1 Å². The Bertz CT molecular complexity index is 478. The van der Waals surface area contributed by atoms with Crippen molar-refractivity contribution in [1.82, 2.24) is 0 Å². The highest BCUT2D eigenvalue weighted by molar-refractivity contribution is 5.55. The zero-order valence-electron chi connectivity index (χ0n) is 8.30. The lowest BCUT2D eigenvalue weighted by Crippen LogP contribution is -2.15. The van der Waals surface area contributed by atoms with Crippen molar-refractivity contribution in [3.63, 3.8) is 0 Å². The van der Waals surface area contributed by atoms with Crippen LogP contribution < -0.4 is 9.47 Å². The van der Waals surface area contributed by atoms with Gasteiger partial charge in [-0.1, -0.05) is 0 Å². The number of nitrogens with zero attached hydrogens (tertiary/aromatic N) is 2. The molecule has 6 nitrogen and oxygen atoms in total. The lowest BCUT2D eigenvalue weighted by molar-refractivity contribution is -0.385. The van der Waals surface area contributed by atoms with Gasteiger partial charge < -0.3 is 9.47 Å². The van der Waals surface area contributed by atoms with Crippen LogP contribution in [0.15, 0.2) is 12.1 Å². The van der Waals surface area contributed by atoms with Gasteiger partial charge in [-0.3, -0.25) is 10.1 Å². The molecule has 0 amide bonds. The molecule has 0 unspecified atom stereocenters. The second kappa shape index (κ2) is 4.06. The Hall–Kier alpha value is -2.29. The van der Waals surface area contributed by atoms with Crippen LogP contribution in [0.25, 0.3) is 0 Å². The zero-order chi connectivity index (χ0) is 11.5. The first kappa shape index (κ1) is 10.2. The minimum atomic E-state index is -0.523. The van der Waals surface area contributed by atoms with Crippen molar-refractivity contribution < 1.29 is 14.4 Å². The third-order valence-electron chi connectivity index (χ3n) is 2.21. The summed E-state index contributed by atoms with van der Waals surface area (Å²) in [5, 5.41) is 19.4. The van der Waals surface area contributed by atoms with Gasteiger partial charge in [0.1, 0.15) is 13.2 Å². The lowest BCUT2D eigenvalue weighted by atomic mass is 10.1. The molecule has 1 aliphatic heterocycles. The van der Waals surface area contributed by atoms with Gasteiger partial charge in [-0.05, 0) is 6.07 Å². The second-order valence-corrected chi connectivity index (χ2v) is 3.22. The van der Waals surface area contributed by atoms with Gasteiger partial charge in [0.05, 0.1) is 23.5 Å². The molecule has 0 aliphatic carbocycles. The van der Waals surface area contributed by atoms with E-state index in [0.29, 0.717) is 30.3 Å². The highest BCUT2D eigenvalue weighted by atomic mass is 16.6. The minimum Gasteiger partial charge on any atom is -0.486 e. The van der Waals surface area contributed by atoms with Crippen molar-refractivity contribution in [3.05, 3.63) is 27.8 Å². The maximum atomic E-state index is 10.8. The van der Waals surface area contributed by atoms with E-state index in [0.717, 1.165) is 0 Å². The smallest absolute Gasteiger partial charge is 0.277 e. The molecule has 2 rings (SSSR count). The van der Waals surface area contributed by atoms with Crippen LogP contribution in [0.5, 0.6) is 11.5 Å². The summed E-state index contributed by atoms with van der Waals surface area (Å²) in [5.41, 5.74) is 0.238. The van der Waals surface area contributed by atoms with E-state index in [1.807, 2.05) is 6.07 Å². The molecule has 0 saturated heterocycles. The predicted molar refractivity (Wildman–Crippen MR) is 53.4 cm³/mol. The number of nitro benzene ring substituents is 1. The van der Waals surface area contributed by atoms with E-state index in [1.54, 1.807) is 0 Å². The zero-order valence-corrected chi connectivity index (χ0v) is 8.30. The summed E-state index contributed by atoms with van der Waals surface area (Å²) in [6.45, 7) is 0.790. The van der Waals surface area contributed by atoms with Crippen molar-refractivity contribution in [2.75, 3.05) is 13.2 Å². The standard InChI is InChI=1S/C10H8N2O4/c11-2-1-7-5-9-10(16-4-3-15-9)6-8(7)12(13)14/h5-6H,1,3-4H2. The van der Waals surface area contributed by atoms with Crippen LogP contribution >= 0.6 is 0 Å². The molecule has 0 atom stereocenters. The Balaban J connectivity index is 2.51. The summed E-state index contributed by atoms with van der Waals surface area (Å²) in [6, 6.07) is 4.69. The third-order valence-corrected chi connectivity index (χ3v) is 2.21. The number of nitro groups is 1. The molecule has 0 saturated carbocycles. The van der Waals surface area contributed by atoms with E-state index >= 15 is 0 Å². The normalized spacial score (nSPS) is 12.9. The van der Waals surface area contributed by atoms with Crippen molar-refractivity contribution in [2.24, 2.45) is 0 Å². The van der Waals surface area contributed by atoms with Crippen LogP contribution in [0.3, 0.4) is 0 Å². The quantitative estimate of drug-likeness (QED) is 0.556. The summed E-state index contributed by atoms with van der Waals surface area (Å²) in [7, 11) is 0. The van der Waals surface area contributed by atoms with Crippen LogP contribution in [0.4, 0.5) is 5.69 Å². The van der Waals surface area contributed by atoms with Crippen LogP contribution in [0.1, 0.15) is 5.56 Å². The maximum absolute atomic E-state index is 10.8. The molecular weight excluding hydrogens is 212 g/mol. The fourth-order valence-corrected chi connectivity index (χ4v) is 1.52. The van der Waals surface area contributed by atoms with Gasteiger partial charge in [0.25, 0.3) is 5.69 Å². The van der Waals surface area contributed by atoms with Crippen molar-refractivity contribution in [2.45, 2.75) is 6.42 Å². The van der Waals surface area contributed by atoms with Gasteiger partial charge in [-0.25, -0.2) is 0 Å². The van der Waals surface area contributed by atoms with Gasteiger partial charge >= 0.3 is 0 Å². The number of rotatable bonds is 2. The van der Waals surface area contributed by atoms with Crippen molar-refractivity contribution in [1.29, 1.82) is 5.26 Å². The molecular formula is C10H8N2O4. The highest BCUT2D eigenvalue weighted by Gasteiger charge is 2.21. The first-order chi connectivity index (χ1) is 7.72. The lowest BCUT2D eigenvalue weighted by Gasteiger charge is -2.18. The Morgan fingerprint density at radius 3 is 2.56 bits per heavy atom. The van der Waals surface area contributed by atoms with E-state index in [4.69, 9.17) is 14.7 Å². The first-order valence-electron chi connectivity index (χ1n) is 4.66. The number of hydrogen-bond acceptors (Lipinski definition) is 5. The Morgan fingerprint density at radius 2 is 2.00 bits per heavy atom. The van der Waals surface area contributed by atoms with Gasteiger partial charge in [0.2, 0.25) is 0 Å². The molecule has 1 aromatic rings. The molecule has 1 heterocycles. The average molecular weight is 220 g/mol. The Labute approximate surface area is 91.2 Å². The SMILES string of the molecule is N#CCc1cc2c(cc1[N+](=O)[O-])OCCO2. The van der Waals surface area contributed by atoms with E-state index < -0.39 is 4.92 Å². The van der Waals surface area contributed by atoms with Gasteiger partial charge in [0, 0.05) is 5.56 Å². The molecule has 1 aliphatic rings. The summed E-state index contributed by atoms with van der Waals surface area (Å²) in [6.07, 6.45) is -0.0209. The molecule has 16 heavy (non-hydrogen) atoms. The van der Waals surface area contributed by atoms with E-state index in [2.05, 4.69) is 0 Å². The summed E-state index contributed by atoms with van der Waals surface area (Å²) >= 11 is 0. The average Bonchev–Trinajstić information content (AvgIpc) is 2.28. The summed E-state index contributed by atoms with van der Waals surface area (Å²) < 4.78 is 10.5. The fraction of sp³-hybridized carbons (Fsp3) is 0.300. The molecule has 0 radical (unpaired) electrons. The minimum absolute atomic E-state index is 0.0209. The third kappa shape index (κ3) is 1.75. The Morgan fingerprint density at radius 1 is 1.38 bits per heavy atom. The topological polar surface area (TPSA) is 85.4 Å². The molecule has 0 fully saturated rings. The number of benzene rings is 1. The fourth-order valence-electron chi connectivity index (χ4n) is 1.52. The van der Waals surface area contributed by atoms with E-state index in [1.165, 1.54) is 12.1 Å². The largest absolute Gasteiger partial charge is 0.486 e. The summed E-state index contributed by atoms with van der Waals surface area (Å²) in [4.78, 5) is 10.3. The molecule has 1 aromatic carbocycles. The Kier molecular flexibility index (Phi) is 2.60. The number of fused-ring (bicyclic) bond motifs is 1. The molecule has 82 valence electrons. The monoisotopic (exact) mass is 220 g/mol. The number of hydrogen-bond donors (Lipinski definition) is 0. The van der Waals surface area contributed by atoms with Crippen molar-refractivity contribution >= 4 is 5.69 Å². The van der Waals surface area contributed by atoms with Crippen molar-refractivity contribution in [3.8, 4) is 17.6 Å². The molecule has 0 N–H and O–H groups in total. The van der Waals surface area contributed by atoms with Gasteiger partial charge in [0.15, 0.2) is 11.5 Å². The van der Waals surface area contributed by atoms with Crippen LogP contribution in [0.2, 0.25) is 0 Å². The van der Waals surface area contributed by atoms with Gasteiger partial charge in [-0.15, -0.1) is 0 Å². The molecule has 0 aromatic heterocycles. The summed E-state index contributed by atoms with van der Waals surface area (Å²) in [5.74, 6) is 0.821. The first-order valence-corrected chi connectivity index (χ1v) is 4.66.